The van der Waals surface area contributed by atoms with Crippen molar-refractivity contribution < 1.29 is 4.79 Å². The fourth-order valence-corrected chi connectivity index (χ4v) is 2.08. The van der Waals surface area contributed by atoms with E-state index in [2.05, 4.69) is 31.3 Å². The Bertz CT molecular complexity index is 409. The van der Waals surface area contributed by atoms with Gasteiger partial charge in [0.25, 0.3) is 0 Å². The van der Waals surface area contributed by atoms with Crippen LogP contribution in [-0.2, 0) is 10.3 Å². The first-order chi connectivity index (χ1) is 8.27. The molecule has 1 unspecified atom stereocenters. The number of nitrogens with one attached hydrogen (secondary N) is 1. The third-order valence-electron chi connectivity index (χ3n) is 3.22. The van der Waals surface area contributed by atoms with Gasteiger partial charge in [-0.3, -0.25) is 10.1 Å². The van der Waals surface area contributed by atoms with Gasteiger partial charge in [-0.05, 0) is 37.8 Å². The molecule has 0 aliphatic heterocycles. The second kappa shape index (κ2) is 5.53. The van der Waals surface area contributed by atoms with E-state index in [0.717, 1.165) is 5.56 Å². The maximum Gasteiger partial charge on any atom is 0.242 e. The number of hydrogen-bond acceptors (Lipinski definition) is 2. The van der Waals surface area contributed by atoms with Crippen LogP contribution in [0.1, 0.15) is 51.7 Å². The highest BCUT2D eigenvalue weighted by molar-refractivity contribution is 5.85. The van der Waals surface area contributed by atoms with Crippen molar-refractivity contribution in [3.05, 3.63) is 35.4 Å². The minimum Gasteiger partial charge on any atom is -0.368 e. The largest absolute Gasteiger partial charge is 0.368 e. The van der Waals surface area contributed by atoms with E-state index in [4.69, 9.17) is 5.73 Å². The Kier molecular flexibility index (Phi) is 4.52. The topological polar surface area (TPSA) is 55.1 Å². The fourth-order valence-electron chi connectivity index (χ4n) is 2.08. The highest BCUT2D eigenvalue weighted by atomic mass is 16.1. The van der Waals surface area contributed by atoms with E-state index in [0.29, 0.717) is 5.92 Å². The summed E-state index contributed by atoms with van der Waals surface area (Å²) in [5, 5.41) is 3.25. The van der Waals surface area contributed by atoms with Gasteiger partial charge in [0.2, 0.25) is 5.91 Å². The molecule has 1 atom stereocenters. The third kappa shape index (κ3) is 3.10. The van der Waals surface area contributed by atoms with E-state index in [1.807, 2.05) is 32.9 Å². The molecule has 100 valence electrons. The summed E-state index contributed by atoms with van der Waals surface area (Å²) in [6.07, 6.45) is 0. The summed E-state index contributed by atoms with van der Waals surface area (Å²) in [4.78, 5) is 11.7. The zero-order valence-electron chi connectivity index (χ0n) is 11.9. The molecular weight excluding hydrogens is 224 g/mol. The number of carbonyl (C=O) groups is 1. The minimum absolute atomic E-state index is 0.187. The average Bonchev–Trinajstić information content (AvgIpc) is 2.27. The maximum atomic E-state index is 11.7. The lowest BCUT2D eigenvalue weighted by atomic mass is 9.88. The summed E-state index contributed by atoms with van der Waals surface area (Å²) in [5.41, 5.74) is 6.90. The van der Waals surface area contributed by atoms with Crippen LogP contribution in [0.4, 0.5) is 0 Å². The molecule has 0 aliphatic carbocycles. The van der Waals surface area contributed by atoms with Gasteiger partial charge in [0.15, 0.2) is 0 Å². The van der Waals surface area contributed by atoms with Crippen LogP contribution >= 0.6 is 0 Å². The first kappa shape index (κ1) is 14.7. The van der Waals surface area contributed by atoms with Gasteiger partial charge >= 0.3 is 0 Å². The van der Waals surface area contributed by atoms with Crippen LogP contribution in [0.15, 0.2) is 24.3 Å². The summed E-state index contributed by atoms with van der Waals surface area (Å²) in [7, 11) is 0. The van der Waals surface area contributed by atoms with Gasteiger partial charge in [0, 0.05) is 6.04 Å². The molecule has 3 heteroatoms. The Morgan fingerprint density at radius 1 is 1.17 bits per heavy atom. The number of primary amides is 1. The van der Waals surface area contributed by atoms with Crippen LogP contribution in [0.3, 0.4) is 0 Å². The predicted molar refractivity (Wildman–Crippen MR) is 75.3 cm³/mol. The molecule has 1 aromatic rings. The zero-order valence-corrected chi connectivity index (χ0v) is 11.9. The molecule has 18 heavy (non-hydrogen) atoms. The van der Waals surface area contributed by atoms with Crippen molar-refractivity contribution in [2.45, 2.75) is 52.1 Å². The molecule has 0 fully saturated rings. The van der Waals surface area contributed by atoms with Gasteiger partial charge in [-0.25, -0.2) is 0 Å². The first-order valence-electron chi connectivity index (χ1n) is 6.45. The van der Waals surface area contributed by atoms with E-state index in [1.165, 1.54) is 5.56 Å². The Hall–Kier alpha value is -1.35. The number of hydrogen-bond donors (Lipinski definition) is 2. The van der Waals surface area contributed by atoms with Crippen molar-refractivity contribution in [2.75, 3.05) is 0 Å². The Morgan fingerprint density at radius 2 is 1.67 bits per heavy atom. The normalized spacial score (nSPS) is 14.8. The molecule has 0 bridgehead atoms. The zero-order chi connectivity index (χ0) is 13.9. The molecule has 0 saturated heterocycles. The quantitative estimate of drug-likeness (QED) is 0.841. The molecule has 0 spiro atoms. The summed E-state index contributed by atoms with van der Waals surface area (Å²) in [6, 6.07) is 8.27. The predicted octanol–water partition coefficient (Wildman–Crippen LogP) is 2.51. The maximum absolute atomic E-state index is 11.7. The van der Waals surface area contributed by atoms with Crippen LogP contribution in [0.5, 0.6) is 0 Å². The highest BCUT2D eigenvalue weighted by Gasteiger charge is 2.33. The molecule has 0 aliphatic rings. The second-order valence-corrected chi connectivity index (χ2v) is 5.56. The van der Waals surface area contributed by atoms with Crippen molar-refractivity contribution >= 4 is 5.91 Å². The number of rotatable bonds is 5. The van der Waals surface area contributed by atoms with Crippen LogP contribution in [0, 0.1) is 0 Å². The average molecular weight is 248 g/mol. The van der Waals surface area contributed by atoms with Gasteiger partial charge in [0.1, 0.15) is 5.54 Å². The van der Waals surface area contributed by atoms with Crippen molar-refractivity contribution in [3.63, 3.8) is 0 Å². The Morgan fingerprint density at radius 3 is 2.00 bits per heavy atom. The molecule has 0 heterocycles. The lowest BCUT2D eigenvalue weighted by molar-refractivity contribution is -0.124. The van der Waals surface area contributed by atoms with Gasteiger partial charge in [0.05, 0.1) is 0 Å². The fraction of sp³-hybridized carbons (Fsp3) is 0.533. The van der Waals surface area contributed by atoms with Gasteiger partial charge in [-0.15, -0.1) is 0 Å². The summed E-state index contributed by atoms with van der Waals surface area (Å²) in [5.74, 6) is 0.130. The van der Waals surface area contributed by atoms with E-state index in [1.54, 1.807) is 0 Å². The van der Waals surface area contributed by atoms with Gasteiger partial charge in [-0.2, -0.15) is 0 Å². The molecule has 0 saturated carbocycles. The van der Waals surface area contributed by atoms with E-state index < -0.39 is 5.54 Å². The van der Waals surface area contributed by atoms with Crippen molar-refractivity contribution in [3.8, 4) is 0 Å². The summed E-state index contributed by atoms with van der Waals surface area (Å²) in [6.45, 7) is 10.1. The van der Waals surface area contributed by atoms with E-state index >= 15 is 0 Å². The molecular formula is C15H24N2O. The van der Waals surface area contributed by atoms with Crippen molar-refractivity contribution in [2.24, 2.45) is 5.73 Å². The molecule has 3 N–H and O–H groups in total. The van der Waals surface area contributed by atoms with Gasteiger partial charge in [-0.1, -0.05) is 38.1 Å². The highest BCUT2D eigenvalue weighted by Crippen LogP contribution is 2.23. The molecule has 3 nitrogen and oxygen atoms in total. The lowest BCUT2D eigenvalue weighted by Crippen LogP contribution is -2.52. The van der Waals surface area contributed by atoms with Crippen LogP contribution < -0.4 is 11.1 Å². The third-order valence-corrected chi connectivity index (χ3v) is 3.22. The lowest BCUT2D eigenvalue weighted by Gasteiger charge is -2.30. The van der Waals surface area contributed by atoms with Crippen LogP contribution in [-0.4, -0.2) is 11.9 Å². The first-order valence-corrected chi connectivity index (χ1v) is 6.45. The van der Waals surface area contributed by atoms with E-state index in [-0.39, 0.29) is 11.9 Å². The number of amides is 1. The molecule has 1 aromatic carbocycles. The number of carbonyl (C=O) groups excluding carboxylic acids is 1. The van der Waals surface area contributed by atoms with E-state index in [9.17, 15) is 4.79 Å². The van der Waals surface area contributed by atoms with Gasteiger partial charge < -0.3 is 5.73 Å². The van der Waals surface area contributed by atoms with Crippen molar-refractivity contribution in [1.82, 2.24) is 5.32 Å². The molecule has 0 aromatic heterocycles. The van der Waals surface area contributed by atoms with Crippen LogP contribution in [0.25, 0.3) is 0 Å². The Labute approximate surface area is 110 Å². The Balaban J connectivity index is 3.10. The minimum atomic E-state index is -0.816. The molecule has 1 rings (SSSR count). The molecule has 0 radical (unpaired) electrons. The number of benzene rings is 1. The second-order valence-electron chi connectivity index (χ2n) is 5.56. The smallest absolute Gasteiger partial charge is 0.242 e. The summed E-state index contributed by atoms with van der Waals surface area (Å²) >= 11 is 0. The number of nitrogens with two attached hydrogens (primary N) is 1. The standard InChI is InChI=1S/C15H24N2O/c1-10(2)12-6-8-13(9-7-12)15(5,14(16)18)17-11(3)4/h6-11,17H,1-5H3,(H2,16,18). The summed E-state index contributed by atoms with van der Waals surface area (Å²) < 4.78 is 0. The monoisotopic (exact) mass is 248 g/mol. The van der Waals surface area contributed by atoms with Crippen molar-refractivity contribution in [1.29, 1.82) is 0 Å². The molecule has 1 amide bonds. The SMILES string of the molecule is CC(C)NC(C)(C(N)=O)c1ccc(C(C)C)cc1. The van der Waals surface area contributed by atoms with Crippen LogP contribution in [0.2, 0.25) is 0 Å².